The highest BCUT2D eigenvalue weighted by molar-refractivity contribution is 7.99. The average Bonchev–Trinajstić information content (AvgIpc) is 3.61. The van der Waals surface area contributed by atoms with E-state index in [4.69, 9.17) is 9.72 Å². The Morgan fingerprint density at radius 3 is 2.77 bits per heavy atom. The minimum absolute atomic E-state index is 0.0632. The standard InChI is InChI=1S/C28H23FN4O4S2/c1-2-37-27(36)22-18-7-5-9-20(18)39-25(22)31-21(34)14-38-28-32-23-17-6-3-4-8-19(17)30-24(23)26(35)33(28)16-12-10-15(29)11-13-16/h3-4,6,8,10-13,30H,2,5,7,9,14H2,1H3,(H,31,34). The number of hydrogen-bond donors (Lipinski definition) is 2. The van der Waals surface area contributed by atoms with Crippen LogP contribution in [0.15, 0.2) is 58.5 Å². The van der Waals surface area contributed by atoms with Crippen molar-refractivity contribution < 1.29 is 18.7 Å². The number of nitrogens with zero attached hydrogens (tertiary/aromatic N) is 2. The molecule has 2 aromatic carbocycles. The largest absolute Gasteiger partial charge is 0.462 e. The van der Waals surface area contributed by atoms with Gasteiger partial charge >= 0.3 is 5.97 Å². The van der Waals surface area contributed by atoms with Crippen molar-refractivity contribution in [3.8, 4) is 5.69 Å². The van der Waals surface area contributed by atoms with Crippen molar-refractivity contribution in [1.29, 1.82) is 0 Å². The number of aromatic nitrogens is 3. The molecule has 0 atom stereocenters. The zero-order chi connectivity index (χ0) is 27.1. The lowest BCUT2D eigenvalue weighted by atomic mass is 10.1. The molecule has 39 heavy (non-hydrogen) atoms. The van der Waals surface area contributed by atoms with Gasteiger partial charge in [0.25, 0.3) is 5.56 Å². The number of amides is 1. The summed E-state index contributed by atoms with van der Waals surface area (Å²) >= 11 is 2.50. The Hall–Kier alpha value is -3.96. The van der Waals surface area contributed by atoms with Crippen LogP contribution in [0.2, 0.25) is 0 Å². The first-order valence-corrected chi connectivity index (χ1v) is 14.3. The van der Waals surface area contributed by atoms with E-state index in [1.54, 1.807) is 6.92 Å². The number of esters is 1. The first-order valence-electron chi connectivity index (χ1n) is 12.5. The number of halogens is 1. The third-order valence-electron chi connectivity index (χ3n) is 6.57. The van der Waals surface area contributed by atoms with E-state index in [0.717, 1.165) is 52.4 Å². The van der Waals surface area contributed by atoms with Crippen LogP contribution in [0.3, 0.4) is 0 Å². The second-order valence-electron chi connectivity index (χ2n) is 9.02. The molecule has 0 radical (unpaired) electrons. The molecule has 0 saturated heterocycles. The van der Waals surface area contributed by atoms with E-state index in [9.17, 15) is 18.8 Å². The number of hydrogen-bond acceptors (Lipinski definition) is 7. The number of aromatic amines is 1. The van der Waals surface area contributed by atoms with Gasteiger partial charge in [-0.1, -0.05) is 30.0 Å². The summed E-state index contributed by atoms with van der Waals surface area (Å²) in [5.74, 6) is -1.27. The zero-order valence-electron chi connectivity index (χ0n) is 20.9. The van der Waals surface area contributed by atoms with Crippen molar-refractivity contribution in [2.75, 3.05) is 17.7 Å². The van der Waals surface area contributed by atoms with Crippen LogP contribution >= 0.6 is 23.1 Å². The molecule has 0 unspecified atom stereocenters. The van der Waals surface area contributed by atoms with Crippen LogP contribution in [-0.4, -0.2) is 38.8 Å². The van der Waals surface area contributed by atoms with Gasteiger partial charge < -0.3 is 15.0 Å². The van der Waals surface area contributed by atoms with Gasteiger partial charge in [0.1, 0.15) is 21.9 Å². The number of benzene rings is 2. The maximum absolute atomic E-state index is 13.7. The molecule has 0 bridgehead atoms. The number of ether oxygens (including phenoxy) is 1. The summed E-state index contributed by atoms with van der Waals surface area (Å²) < 4.78 is 20.3. The lowest BCUT2D eigenvalue weighted by molar-refractivity contribution is -0.113. The van der Waals surface area contributed by atoms with Gasteiger partial charge in [0.2, 0.25) is 5.91 Å². The number of carbonyl (C=O) groups is 2. The maximum Gasteiger partial charge on any atom is 0.341 e. The van der Waals surface area contributed by atoms with Crippen molar-refractivity contribution in [3.05, 3.63) is 80.7 Å². The smallest absolute Gasteiger partial charge is 0.341 e. The highest BCUT2D eigenvalue weighted by Gasteiger charge is 2.28. The summed E-state index contributed by atoms with van der Waals surface area (Å²) in [6, 6.07) is 13.0. The van der Waals surface area contributed by atoms with E-state index in [2.05, 4.69) is 10.3 Å². The molecule has 6 rings (SSSR count). The van der Waals surface area contributed by atoms with E-state index in [-0.39, 0.29) is 23.8 Å². The van der Waals surface area contributed by atoms with E-state index in [1.807, 2.05) is 24.3 Å². The fraction of sp³-hybridized carbons (Fsp3) is 0.214. The third kappa shape index (κ3) is 4.61. The predicted molar refractivity (Wildman–Crippen MR) is 151 cm³/mol. The number of thioether (sulfide) groups is 1. The number of rotatable bonds is 7. The molecule has 1 aliphatic rings. The van der Waals surface area contributed by atoms with E-state index in [0.29, 0.717) is 32.4 Å². The molecule has 3 heterocycles. The summed E-state index contributed by atoms with van der Waals surface area (Å²) in [6.45, 7) is 1.99. The van der Waals surface area contributed by atoms with Gasteiger partial charge in [-0.2, -0.15) is 0 Å². The van der Waals surface area contributed by atoms with Crippen LogP contribution in [0.4, 0.5) is 9.39 Å². The second kappa shape index (κ2) is 10.3. The first-order chi connectivity index (χ1) is 18.9. The van der Waals surface area contributed by atoms with E-state index in [1.165, 1.54) is 40.2 Å². The van der Waals surface area contributed by atoms with Crippen molar-refractivity contribution in [3.63, 3.8) is 0 Å². The summed E-state index contributed by atoms with van der Waals surface area (Å²) in [5, 5.41) is 4.44. The number of thiophene rings is 1. The molecule has 1 aliphatic carbocycles. The molecular weight excluding hydrogens is 539 g/mol. The van der Waals surface area contributed by atoms with Crippen LogP contribution in [0.1, 0.15) is 34.1 Å². The van der Waals surface area contributed by atoms with Crippen LogP contribution in [0, 0.1) is 5.82 Å². The number of fused-ring (bicyclic) bond motifs is 4. The molecular formula is C28H23FN4O4S2. The highest BCUT2D eigenvalue weighted by atomic mass is 32.2. The Balaban J connectivity index is 1.34. The van der Waals surface area contributed by atoms with Gasteiger partial charge in [-0.3, -0.25) is 14.2 Å². The van der Waals surface area contributed by atoms with Gasteiger partial charge in [0, 0.05) is 15.8 Å². The van der Waals surface area contributed by atoms with Gasteiger partial charge in [0.15, 0.2) is 5.16 Å². The molecule has 0 spiro atoms. The number of nitrogens with one attached hydrogen (secondary N) is 2. The maximum atomic E-state index is 13.7. The molecule has 11 heteroatoms. The zero-order valence-corrected chi connectivity index (χ0v) is 22.5. The molecule has 8 nitrogen and oxygen atoms in total. The number of aryl methyl sites for hydroxylation is 1. The molecule has 5 aromatic rings. The molecule has 3 aromatic heterocycles. The topological polar surface area (TPSA) is 106 Å². The lowest BCUT2D eigenvalue weighted by Crippen LogP contribution is -2.23. The number of carbonyl (C=O) groups excluding carboxylic acids is 2. The Morgan fingerprint density at radius 1 is 1.18 bits per heavy atom. The van der Waals surface area contributed by atoms with Crippen molar-refractivity contribution in [2.45, 2.75) is 31.3 Å². The summed E-state index contributed by atoms with van der Waals surface area (Å²) in [6.07, 6.45) is 2.62. The molecule has 198 valence electrons. The van der Waals surface area contributed by atoms with Crippen LogP contribution < -0.4 is 10.9 Å². The monoisotopic (exact) mass is 562 g/mol. The summed E-state index contributed by atoms with van der Waals surface area (Å²) in [7, 11) is 0. The number of anilines is 1. The van der Waals surface area contributed by atoms with Gasteiger partial charge in [-0.05, 0) is 62.1 Å². The second-order valence-corrected chi connectivity index (χ2v) is 11.1. The van der Waals surface area contributed by atoms with Crippen LogP contribution in [0.5, 0.6) is 0 Å². The third-order valence-corrected chi connectivity index (χ3v) is 8.71. The van der Waals surface area contributed by atoms with Gasteiger partial charge in [-0.15, -0.1) is 11.3 Å². The van der Waals surface area contributed by atoms with E-state index < -0.39 is 11.8 Å². The Bertz CT molecular complexity index is 1810. The number of para-hydroxylation sites is 1. The van der Waals surface area contributed by atoms with E-state index >= 15 is 0 Å². The Morgan fingerprint density at radius 2 is 1.97 bits per heavy atom. The van der Waals surface area contributed by atoms with Gasteiger partial charge in [0.05, 0.1) is 23.6 Å². The first kappa shape index (κ1) is 25.3. The van der Waals surface area contributed by atoms with Crippen molar-refractivity contribution in [1.82, 2.24) is 14.5 Å². The molecule has 0 aliphatic heterocycles. The normalized spacial score (nSPS) is 12.7. The highest BCUT2D eigenvalue weighted by Crippen LogP contribution is 2.39. The SMILES string of the molecule is CCOC(=O)c1c(NC(=O)CSc2nc3c([nH]c4ccccc43)c(=O)n2-c2ccc(F)cc2)sc2c1CCC2. The molecule has 0 saturated carbocycles. The van der Waals surface area contributed by atoms with Crippen molar-refractivity contribution in [2.24, 2.45) is 0 Å². The molecule has 0 fully saturated rings. The quantitative estimate of drug-likeness (QED) is 0.155. The number of H-pyrrole nitrogens is 1. The minimum atomic E-state index is -0.434. The van der Waals surface area contributed by atoms with Crippen LogP contribution in [-0.2, 0) is 22.4 Å². The predicted octanol–water partition coefficient (Wildman–Crippen LogP) is 5.46. The minimum Gasteiger partial charge on any atom is -0.462 e. The average molecular weight is 563 g/mol. The van der Waals surface area contributed by atoms with Crippen molar-refractivity contribution >= 4 is 61.9 Å². The summed E-state index contributed by atoms with van der Waals surface area (Å²) in [5.41, 5.74) is 3.05. The lowest BCUT2D eigenvalue weighted by Gasteiger charge is -2.12. The van der Waals surface area contributed by atoms with Crippen LogP contribution in [0.25, 0.3) is 27.6 Å². The Labute approximate surface area is 230 Å². The molecule has 1 amide bonds. The fourth-order valence-corrected chi connectivity index (χ4v) is 6.96. The fourth-order valence-electron chi connectivity index (χ4n) is 4.86. The van der Waals surface area contributed by atoms with Gasteiger partial charge in [-0.25, -0.2) is 14.2 Å². The molecule has 2 N–H and O–H groups in total. The summed E-state index contributed by atoms with van der Waals surface area (Å²) in [4.78, 5) is 48.4. The Kier molecular flexibility index (Phi) is 6.69.